The normalized spacial score (nSPS) is 11.6. The number of methoxy groups -OCH3 is 1. The highest BCUT2D eigenvalue weighted by Crippen LogP contribution is 2.26. The third kappa shape index (κ3) is 6.29. The maximum Gasteiger partial charge on any atom is 0.279 e. The summed E-state index contributed by atoms with van der Waals surface area (Å²) in [6.45, 7) is 4.93. The van der Waals surface area contributed by atoms with Crippen LogP contribution in [-0.4, -0.2) is 32.4 Å². The van der Waals surface area contributed by atoms with E-state index in [0.717, 1.165) is 33.5 Å². The molecule has 25 heavy (non-hydrogen) atoms. The van der Waals surface area contributed by atoms with E-state index in [1.54, 1.807) is 18.9 Å². The third-order valence-corrected chi connectivity index (χ3v) is 4.71. The molecule has 0 aliphatic heterocycles. The van der Waals surface area contributed by atoms with Crippen LogP contribution in [0.3, 0.4) is 0 Å². The number of hydrogen-bond acceptors (Lipinski definition) is 3. The Balaban J connectivity index is 1.89. The van der Waals surface area contributed by atoms with Gasteiger partial charge in [-0.1, -0.05) is 18.2 Å². The van der Waals surface area contributed by atoms with E-state index in [2.05, 4.69) is 11.9 Å². The Hall–Kier alpha value is -2.24. The molecule has 0 spiro atoms. The van der Waals surface area contributed by atoms with Gasteiger partial charge in [-0.2, -0.15) is 0 Å². The van der Waals surface area contributed by atoms with Gasteiger partial charge in [-0.25, -0.2) is 0 Å². The number of benzene rings is 2. The molecule has 1 unspecified atom stereocenters. The topological polar surface area (TPSA) is 42.8 Å². The molecule has 2 aromatic rings. The smallest absolute Gasteiger partial charge is 0.279 e. The standard InChI is InChI=1S/C20H24N2O2S/c1-4-13-25-19-8-6-5-7-18(19)21-20(23)15-22(2)14-16-9-11-17(24-3)12-10-16/h4-12H,1,13-15H2,2-3H3,(H,21,23)/p+1. The Labute approximate surface area is 153 Å². The van der Waals surface area contributed by atoms with Crippen molar-refractivity contribution in [3.63, 3.8) is 0 Å². The van der Waals surface area contributed by atoms with Crippen LogP contribution in [0.1, 0.15) is 5.56 Å². The first-order chi connectivity index (χ1) is 12.1. The average molecular weight is 357 g/mol. The fourth-order valence-corrected chi connectivity index (χ4v) is 3.21. The number of quaternary nitrogens is 1. The van der Waals surface area contributed by atoms with Crippen molar-refractivity contribution in [1.29, 1.82) is 0 Å². The lowest BCUT2D eigenvalue weighted by atomic mass is 10.2. The highest BCUT2D eigenvalue weighted by Gasteiger charge is 2.12. The summed E-state index contributed by atoms with van der Waals surface area (Å²) in [5.41, 5.74) is 2.03. The molecule has 0 saturated heterocycles. The Bertz CT molecular complexity index is 701. The number of carbonyl (C=O) groups is 1. The second-order valence-corrected chi connectivity index (χ2v) is 6.86. The third-order valence-electron chi connectivity index (χ3n) is 3.65. The van der Waals surface area contributed by atoms with E-state index in [1.807, 2.05) is 61.7 Å². The molecule has 1 atom stereocenters. The van der Waals surface area contributed by atoms with Gasteiger partial charge in [0.1, 0.15) is 12.3 Å². The van der Waals surface area contributed by atoms with E-state index < -0.39 is 0 Å². The van der Waals surface area contributed by atoms with Gasteiger partial charge in [0.2, 0.25) is 0 Å². The number of ether oxygens (including phenoxy) is 1. The van der Waals surface area contributed by atoms with Crippen molar-refractivity contribution >= 4 is 23.4 Å². The summed E-state index contributed by atoms with van der Waals surface area (Å²) in [6.07, 6.45) is 1.86. The van der Waals surface area contributed by atoms with Gasteiger partial charge in [-0.05, 0) is 36.4 Å². The fourth-order valence-electron chi connectivity index (χ4n) is 2.47. The molecule has 0 bridgehead atoms. The van der Waals surface area contributed by atoms with Gasteiger partial charge < -0.3 is 15.0 Å². The monoisotopic (exact) mass is 357 g/mol. The van der Waals surface area contributed by atoms with Crippen molar-refractivity contribution in [2.75, 3.05) is 31.8 Å². The van der Waals surface area contributed by atoms with Gasteiger partial charge in [-0.15, -0.1) is 18.3 Å². The molecule has 4 nitrogen and oxygen atoms in total. The first-order valence-electron chi connectivity index (χ1n) is 8.19. The van der Waals surface area contributed by atoms with Gasteiger partial charge in [0.05, 0.1) is 19.8 Å². The zero-order chi connectivity index (χ0) is 18.1. The minimum absolute atomic E-state index is 0.0117. The van der Waals surface area contributed by atoms with Crippen LogP contribution >= 0.6 is 11.8 Å². The zero-order valence-electron chi connectivity index (χ0n) is 14.7. The number of para-hydroxylation sites is 1. The first-order valence-corrected chi connectivity index (χ1v) is 9.17. The van der Waals surface area contributed by atoms with Crippen LogP contribution in [0.5, 0.6) is 5.75 Å². The summed E-state index contributed by atoms with van der Waals surface area (Å²) in [5.74, 6) is 1.67. The number of amides is 1. The molecule has 0 aromatic heterocycles. The minimum atomic E-state index is 0.0117. The SMILES string of the molecule is C=CCSc1ccccc1NC(=O)C[NH+](C)Cc1ccc(OC)cc1. The number of anilines is 1. The molecule has 2 rings (SSSR count). The summed E-state index contributed by atoms with van der Waals surface area (Å²) in [4.78, 5) is 14.5. The second-order valence-electron chi connectivity index (χ2n) is 5.80. The van der Waals surface area contributed by atoms with E-state index in [0.29, 0.717) is 6.54 Å². The number of nitrogens with one attached hydrogen (secondary N) is 2. The van der Waals surface area contributed by atoms with E-state index in [4.69, 9.17) is 4.74 Å². The van der Waals surface area contributed by atoms with Gasteiger partial charge in [0, 0.05) is 16.2 Å². The molecule has 2 aromatic carbocycles. The molecule has 1 amide bonds. The highest BCUT2D eigenvalue weighted by molar-refractivity contribution is 7.99. The van der Waals surface area contributed by atoms with E-state index >= 15 is 0 Å². The summed E-state index contributed by atoms with van der Waals surface area (Å²) in [6, 6.07) is 15.8. The second kappa shape index (κ2) is 9.91. The quantitative estimate of drug-likeness (QED) is 0.536. The maximum absolute atomic E-state index is 12.4. The molecule has 132 valence electrons. The fraction of sp³-hybridized carbons (Fsp3) is 0.250. The summed E-state index contributed by atoms with van der Waals surface area (Å²) < 4.78 is 5.17. The molecule has 0 aliphatic rings. The number of carbonyl (C=O) groups excluding carboxylic acids is 1. The first kappa shape index (κ1) is 19.1. The minimum Gasteiger partial charge on any atom is -0.497 e. The van der Waals surface area contributed by atoms with Gasteiger partial charge >= 0.3 is 0 Å². The van der Waals surface area contributed by atoms with Crippen LogP contribution in [0.15, 0.2) is 66.1 Å². The predicted molar refractivity (Wildman–Crippen MR) is 104 cm³/mol. The number of thioether (sulfide) groups is 1. The largest absolute Gasteiger partial charge is 0.497 e. The molecule has 0 aliphatic carbocycles. The lowest BCUT2D eigenvalue weighted by Gasteiger charge is -2.15. The zero-order valence-corrected chi connectivity index (χ0v) is 15.6. The predicted octanol–water partition coefficient (Wildman–Crippen LogP) is 2.63. The van der Waals surface area contributed by atoms with Crippen LogP contribution in [0, 0.1) is 0 Å². The Morgan fingerprint density at radius 2 is 1.96 bits per heavy atom. The molecule has 0 saturated carbocycles. The molecule has 0 fully saturated rings. The van der Waals surface area contributed by atoms with Crippen molar-refractivity contribution < 1.29 is 14.4 Å². The number of hydrogen-bond donors (Lipinski definition) is 2. The Kier molecular flexibility index (Phi) is 7.57. The van der Waals surface area contributed by atoms with E-state index in [1.165, 1.54) is 5.56 Å². The number of rotatable bonds is 9. The van der Waals surface area contributed by atoms with Crippen LogP contribution in [0.2, 0.25) is 0 Å². The van der Waals surface area contributed by atoms with E-state index in [9.17, 15) is 4.79 Å². The Morgan fingerprint density at radius 3 is 2.64 bits per heavy atom. The average Bonchev–Trinajstić information content (AvgIpc) is 2.61. The van der Waals surface area contributed by atoms with Gasteiger partial charge in [0.15, 0.2) is 6.54 Å². The summed E-state index contributed by atoms with van der Waals surface area (Å²) in [7, 11) is 3.67. The van der Waals surface area contributed by atoms with Gasteiger partial charge in [-0.3, -0.25) is 4.79 Å². The van der Waals surface area contributed by atoms with Crippen LogP contribution in [-0.2, 0) is 11.3 Å². The maximum atomic E-state index is 12.4. The van der Waals surface area contributed by atoms with Crippen LogP contribution < -0.4 is 15.0 Å². The summed E-state index contributed by atoms with van der Waals surface area (Å²) >= 11 is 1.66. The number of likely N-dealkylation sites (N-methyl/N-ethyl adjacent to an activating group) is 1. The lowest BCUT2D eigenvalue weighted by Crippen LogP contribution is -3.08. The van der Waals surface area contributed by atoms with Crippen LogP contribution in [0.25, 0.3) is 0 Å². The van der Waals surface area contributed by atoms with Crippen molar-refractivity contribution in [1.82, 2.24) is 0 Å². The highest BCUT2D eigenvalue weighted by atomic mass is 32.2. The van der Waals surface area contributed by atoms with Crippen LogP contribution in [0.4, 0.5) is 5.69 Å². The Morgan fingerprint density at radius 1 is 1.24 bits per heavy atom. The van der Waals surface area contributed by atoms with Crippen molar-refractivity contribution in [3.8, 4) is 5.75 Å². The van der Waals surface area contributed by atoms with Gasteiger partial charge in [0.25, 0.3) is 5.91 Å². The summed E-state index contributed by atoms with van der Waals surface area (Å²) in [5, 5.41) is 3.02. The molecule has 0 radical (unpaired) electrons. The van der Waals surface area contributed by atoms with E-state index in [-0.39, 0.29) is 5.91 Å². The van der Waals surface area contributed by atoms with Crippen molar-refractivity contribution in [2.45, 2.75) is 11.4 Å². The van der Waals surface area contributed by atoms with Crippen molar-refractivity contribution in [2.24, 2.45) is 0 Å². The molecule has 5 heteroatoms. The lowest BCUT2D eigenvalue weighted by molar-refractivity contribution is -0.885. The molecular weight excluding hydrogens is 332 g/mol. The molecule has 0 heterocycles. The molecular formula is C20H25N2O2S+. The van der Waals surface area contributed by atoms with Crippen molar-refractivity contribution in [3.05, 3.63) is 66.7 Å². The molecule has 2 N–H and O–H groups in total.